The number of hydrogen-bond donors (Lipinski definition) is 0. The Kier molecular flexibility index (Phi) is 4.87. The molecule has 0 amide bonds. The van der Waals surface area contributed by atoms with Crippen molar-refractivity contribution in [2.75, 3.05) is 0 Å². The summed E-state index contributed by atoms with van der Waals surface area (Å²) in [4.78, 5) is 0. The van der Waals surface area contributed by atoms with E-state index in [1.807, 2.05) is 12.1 Å². The van der Waals surface area contributed by atoms with E-state index in [1.54, 1.807) is 0 Å². The van der Waals surface area contributed by atoms with E-state index in [4.69, 9.17) is 4.42 Å². The molecule has 1 heterocycles. The van der Waals surface area contributed by atoms with Gasteiger partial charge in [0.25, 0.3) is 0 Å². The lowest BCUT2D eigenvalue weighted by molar-refractivity contribution is 0.598. The van der Waals surface area contributed by atoms with Gasteiger partial charge < -0.3 is 4.42 Å². The summed E-state index contributed by atoms with van der Waals surface area (Å²) in [6, 6.07) is 8.19. The van der Waals surface area contributed by atoms with Crippen molar-refractivity contribution in [3.63, 3.8) is 0 Å². The molecule has 2 heteroatoms. The quantitative estimate of drug-likeness (QED) is 0.478. The number of aryl methyl sites for hydroxylation is 1. The van der Waals surface area contributed by atoms with Crippen LogP contribution in [0.3, 0.4) is 0 Å². The van der Waals surface area contributed by atoms with Gasteiger partial charge in [-0.2, -0.15) is 0 Å². The molecule has 0 N–H and O–H groups in total. The predicted molar refractivity (Wildman–Crippen MR) is 98.9 cm³/mol. The molecule has 1 aromatic carbocycles. The molecule has 2 rings (SSSR count). The minimum Gasteiger partial charge on any atom is -0.447 e. The highest BCUT2D eigenvalue weighted by Crippen LogP contribution is 2.41. The van der Waals surface area contributed by atoms with E-state index < -0.39 is 8.07 Å². The molecule has 0 spiro atoms. The van der Waals surface area contributed by atoms with Crippen molar-refractivity contribution < 1.29 is 4.42 Å². The maximum atomic E-state index is 5.98. The zero-order valence-electron chi connectivity index (χ0n) is 14.9. The molecular formula is C20H28OSi. The van der Waals surface area contributed by atoms with Crippen LogP contribution in [0.2, 0.25) is 16.6 Å². The van der Waals surface area contributed by atoms with Gasteiger partial charge in [0.05, 0.1) is 0 Å². The summed E-state index contributed by atoms with van der Waals surface area (Å²) >= 11 is 0. The van der Waals surface area contributed by atoms with Gasteiger partial charge >= 0.3 is 0 Å². The number of rotatable bonds is 3. The fourth-order valence-corrected chi connectivity index (χ4v) is 9.09. The van der Waals surface area contributed by atoms with Crippen LogP contribution in [-0.2, 0) is 0 Å². The van der Waals surface area contributed by atoms with Gasteiger partial charge in [0.1, 0.15) is 13.7 Å². The lowest BCUT2D eigenvalue weighted by Gasteiger charge is -2.37. The number of hydrogen-bond acceptors (Lipinski definition) is 1. The van der Waals surface area contributed by atoms with Crippen molar-refractivity contribution in [2.24, 2.45) is 0 Å². The maximum Gasteiger partial charge on any atom is 0.180 e. The summed E-state index contributed by atoms with van der Waals surface area (Å²) in [5.74, 6) is 4.28. The molecule has 0 aliphatic heterocycles. The monoisotopic (exact) mass is 312 g/mol. The highest BCUT2D eigenvalue weighted by Gasteiger charge is 2.41. The predicted octanol–water partition coefficient (Wildman–Crippen LogP) is 6.31. The highest BCUT2D eigenvalue weighted by atomic mass is 28.3. The van der Waals surface area contributed by atoms with Crippen LogP contribution in [-0.4, -0.2) is 8.07 Å². The third-order valence-electron chi connectivity index (χ3n) is 5.10. The molecule has 0 aliphatic carbocycles. The van der Waals surface area contributed by atoms with Gasteiger partial charge in [0.2, 0.25) is 0 Å². The summed E-state index contributed by atoms with van der Waals surface area (Å²) in [5, 5.41) is 1.18. The SMILES string of the molecule is Cc1c(C#C[Si](C(C)C)(C(C)C)C(C)C)oc2ccccc12. The van der Waals surface area contributed by atoms with Gasteiger partial charge in [0.15, 0.2) is 5.76 Å². The van der Waals surface area contributed by atoms with Crippen LogP contribution in [0, 0.1) is 18.4 Å². The molecule has 0 unspecified atom stereocenters. The normalized spacial score (nSPS) is 12.3. The molecular weight excluding hydrogens is 284 g/mol. The lowest BCUT2D eigenvalue weighted by atomic mass is 10.1. The van der Waals surface area contributed by atoms with Crippen molar-refractivity contribution in [1.82, 2.24) is 0 Å². The molecule has 1 aromatic heterocycles. The summed E-state index contributed by atoms with van der Waals surface area (Å²) in [7, 11) is -1.70. The summed E-state index contributed by atoms with van der Waals surface area (Å²) in [6.07, 6.45) is 0. The molecule has 0 saturated heterocycles. The Morgan fingerprint density at radius 2 is 1.45 bits per heavy atom. The summed E-state index contributed by atoms with van der Waals surface area (Å²) in [6.45, 7) is 16.1. The van der Waals surface area contributed by atoms with Gasteiger partial charge in [-0.1, -0.05) is 59.7 Å². The number of fused-ring (bicyclic) bond motifs is 1. The van der Waals surface area contributed by atoms with Gasteiger partial charge in [-0.3, -0.25) is 0 Å². The topological polar surface area (TPSA) is 13.1 Å². The first-order chi connectivity index (χ1) is 10.3. The lowest BCUT2D eigenvalue weighted by Crippen LogP contribution is -2.43. The minimum absolute atomic E-state index is 0.643. The van der Waals surface area contributed by atoms with Crippen molar-refractivity contribution in [3.05, 3.63) is 35.6 Å². The zero-order valence-corrected chi connectivity index (χ0v) is 15.9. The second-order valence-electron chi connectivity index (χ2n) is 7.20. The largest absolute Gasteiger partial charge is 0.447 e. The molecule has 0 atom stereocenters. The second-order valence-corrected chi connectivity index (χ2v) is 12.8. The van der Waals surface area contributed by atoms with E-state index in [-0.39, 0.29) is 0 Å². The number of furan rings is 1. The highest BCUT2D eigenvalue weighted by molar-refractivity contribution is 6.90. The third-order valence-corrected chi connectivity index (χ3v) is 11.4. The van der Waals surface area contributed by atoms with Crippen molar-refractivity contribution in [3.8, 4) is 11.5 Å². The van der Waals surface area contributed by atoms with Gasteiger partial charge in [0, 0.05) is 10.9 Å². The fourth-order valence-electron chi connectivity index (χ4n) is 3.89. The summed E-state index contributed by atoms with van der Waals surface area (Å²) < 4.78 is 5.98. The first kappa shape index (κ1) is 16.9. The van der Waals surface area contributed by atoms with Gasteiger partial charge in [-0.05, 0) is 35.5 Å². The van der Waals surface area contributed by atoms with E-state index in [1.165, 1.54) is 10.9 Å². The van der Waals surface area contributed by atoms with Gasteiger partial charge in [-0.15, -0.1) is 5.54 Å². The number of benzene rings is 1. The van der Waals surface area contributed by atoms with Gasteiger partial charge in [-0.25, -0.2) is 0 Å². The Balaban J connectivity index is 2.55. The molecule has 0 fully saturated rings. The minimum atomic E-state index is -1.70. The Morgan fingerprint density at radius 1 is 0.909 bits per heavy atom. The Labute approximate surface area is 136 Å². The molecule has 2 aromatic rings. The molecule has 118 valence electrons. The smallest absolute Gasteiger partial charge is 0.180 e. The van der Waals surface area contributed by atoms with Crippen molar-refractivity contribution in [1.29, 1.82) is 0 Å². The van der Waals surface area contributed by atoms with Crippen LogP contribution in [0.25, 0.3) is 11.0 Å². The van der Waals surface area contributed by atoms with E-state index >= 15 is 0 Å². The van der Waals surface area contributed by atoms with Crippen LogP contribution in [0.5, 0.6) is 0 Å². The zero-order chi connectivity index (χ0) is 16.5. The molecule has 0 bridgehead atoms. The average molecular weight is 313 g/mol. The summed E-state index contributed by atoms with van der Waals surface area (Å²) in [5.41, 5.74) is 7.78. The van der Waals surface area contributed by atoms with Crippen LogP contribution in [0.15, 0.2) is 28.7 Å². The molecule has 22 heavy (non-hydrogen) atoms. The first-order valence-electron chi connectivity index (χ1n) is 8.32. The average Bonchev–Trinajstić information content (AvgIpc) is 2.76. The molecule has 1 nitrogen and oxygen atoms in total. The Hall–Kier alpha value is -1.46. The molecule has 0 radical (unpaired) electrons. The molecule has 0 saturated carbocycles. The Bertz CT molecular complexity index is 688. The van der Waals surface area contributed by atoms with Crippen LogP contribution in [0.1, 0.15) is 52.9 Å². The van der Waals surface area contributed by atoms with E-state index in [9.17, 15) is 0 Å². The van der Waals surface area contributed by atoms with Crippen molar-refractivity contribution >= 4 is 19.0 Å². The fraction of sp³-hybridized carbons (Fsp3) is 0.500. The van der Waals surface area contributed by atoms with Crippen LogP contribution in [0.4, 0.5) is 0 Å². The maximum absolute atomic E-state index is 5.98. The van der Waals surface area contributed by atoms with E-state index in [0.29, 0.717) is 16.6 Å². The van der Waals surface area contributed by atoms with E-state index in [0.717, 1.165) is 11.3 Å². The Morgan fingerprint density at radius 3 is 1.95 bits per heavy atom. The first-order valence-corrected chi connectivity index (χ1v) is 10.5. The van der Waals surface area contributed by atoms with E-state index in [2.05, 4.69) is 72.1 Å². The standard InChI is InChI=1S/C20H28OSi/c1-14(2)22(15(3)4,16(5)6)13-12-19-17(7)18-10-8-9-11-20(18)21-19/h8-11,14-16H,1-7H3. The van der Waals surface area contributed by atoms with Crippen LogP contribution < -0.4 is 0 Å². The number of para-hydroxylation sites is 1. The van der Waals surface area contributed by atoms with Crippen molar-refractivity contribution in [2.45, 2.75) is 65.1 Å². The molecule has 0 aliphatic rings. The second kappa shape index (κ2) is 6.34. The van der Waals surface area contributed by atoms with Crippen LogP contribution >= 0.6 is 0 Å². The third kappa shape index (κ3) is 2.75.